The van der Waals surface area contributed by atoms with Crippen molar-refractivity contribution in [3.8, 4) is 5.75 Å². The number of rotatable bonds is 10. The summed E-state index contributed by atoms with van der Waals surface area (Å²) in [6.45, 7) is 2.49. The monoisotopic (exact) mass is 569 g/mol. The number of hydroxylamine groups is 1. The molecule has 1 aliphatic heterocycles. The number of fused-ring (bicyclic) bond motifs is 1. The maximum Gasteiger partial charge on any atom is 0.326 e. The van der Waals surface area contributed by atoms with Gasteiger partial charge < -0.3 is 35.0 Å². The van der Waals surface area contributed by atoms with Crippen LogP contribution in [0.25, 0.3) is 11.2 Å². The van der Waals surface area contributed by atoms with Crippen molar-refractivity contribution >= 4 is 47.8 Å². The van der Waals surface area contributed by atoms with Crippen molar-refractivity contribution in [1.29, 1.82) is 0 Å². The fourth-order valence-electron chi connectivity index (χ4n) is 3.98. The third kappa shape index (κ3) is 5.44. The molecule has 1 unspecified atom stereocenters. The molecule has 0 saturated carbocycles. The van der Waals surface area contributed by atoms with Crippen LogP contribution in [0.1, 0.15) is 20.1 Å². The van der Waals surface area contributed by atoms with E-state index in [4.69, 9.17) is 36.4 Å². The number of para-hydroxylation sites is 1. The standard InChI is InChI=1S/C22H29FN7O6PS/c1-12(19(32)33-4)30(36-13-8-6-5-7-9-13)37(38)34-10-14-16(31)22(2,23)20(35-14)29-11-26-15-17(25-3)27-21(24)28-18(15)29/h5-9,11-12,14,16,20,31,37H,10H2,1-4H3,(H3,24,25,27,28)/t12-,14+,16+,20+,22+/m0/s1. The average molecular weight is 570 g/mol. The minimum Gasteiger partial charge on any atom is -0.468 e. The van der Waals surface area contributed by atoms with Gasteiger partial charge in [0.1, 0.15) is 24.0 Å². The van der Waals surface area contributed by atoms with Gasteiger partial charge in [-0.3, -0.25) is 9.36 Å². The summed E-state index contributed by atoms with van der Waals surface area (Å²) in [5.41, 5.74) is 4.14. The molecule has 1 saturated heterocycles. The first kappa shape index (κ1) is 28.1. The molecule has 206 valence electrons. The Morgan fingerprint density at radius 1 is 1.42 bits per heavy atom. The average Bonchev–Trinajstić information content (AvgIpc) is 3.42. The Labute approximate surface area is 223 Å². The van der Waals surface area contributed by atoms with Crippen LogP contribution in [0.2, 0.25) is 0 Å². The number of aliphatic hydroxyl groups is 1. The van der Waals surface area contributed by atoms with Crippen LogP contribution < -0.4 is 15.9 Å². The lowest BCUT2D eigenvalue weighted by Crippen LogP contribution is -2.41. The zero-order valence-electron chi connectivity index (χ0n) is 21.1. The number of carbonyl (C=O) groups excluding carboxylic acids is 1. The number of carbonyl (C=O) groups is 1. The Balaban J connectivity index is 1.52. The lowest BCUT2D eigenvalue weighted by Gasteiger charge is -2.28. The number of methoxy groups -OCH3 is 1. The first-order valence-corrected chi connectivity index (χ1v) is 14.0. The third-order valence-electron chi connectivity index (χ3n) is 6.04. The number of aliphatic hydroxyl groups excluding tert-OH is 1. The van der Waals surface area contributed by atoms with Crippen LogP contribution in [-0.2, 0) is 30.6 Å². The minimum atomic E-state index is -2.43. The second kappa shape index (κ2) is 11.4. The maximum atomic E-state index is 15.9. The van der Waals surface area contributed by atoms with Crippen molar-refractivity contribution in [1.82, 2.24) is 24.4 Å². The number of imidazole rings is 1. The molecule has 0 radical (unpaired) electrons. The molecule has 0 aliphatic carbocycles. The summed E-state index contributed by atoms with van der Waals surface area (Å²) in [6.07, 6.45) is -2.65. The van der Waals surface area contributed by atoms with Gasteiger partial charge in [0.05, 0.1) is 20.0 Å². The summed E-state index contributed by atoms with van der Waals surface area (Å²) >= 11 is 5.54. The molecule has 0 amide bonds. The molecule has 3 aromatic rings. The number of nitrogens with one attached hydrogen (secondary N) is 1. The van der Waals surface area contributed by atoms with Crippen LogP contribution in [0.5, 0.6) is 5.75 Å². The van der Waals surface area contributed by atoms with Crippen LogP contribution in [0, 0.1) is 0 Å². The van der Waals surface area contributed by atoms with Crippen LogP contribution in [0.4, 0.5) is 16.2 Å². The lowest BCUT2D eigenvalue weighted by atomic mass is 9.98. The molecule has 1 fully saturated rings. The first-order chi connectivity index (χ1) is 18.1. The number of nitrogens with zero attached hydrogens (tertiary/aromatic N) is 5. The van der Waals surface area contributed by atoms with E-state index in [2.05, 4.69) is 20.3 Å². The van der Waals surface area contributed by atoms with E-state index in [0.717, 1.165) is 0 Å². The second-order valence-electron chi connectivity index (χ2n) is 8.63. The highest BCUT2D eigenvalue weighted by Gasteiger charge is 2.55. The van der Waals surface area contributed by atoms with Gasteiger partial charge in [0, 0.05) is 7.05 Å². The molecule has 1 aliphatic rings. The van der Waals surface area contributed by atoms with Crippen LogP contribution in [-0.4, -0.2) is 80.1 Å². The maximum absolute atomic E-state index is 15.9. The fourth-order valence-corrected chi connectivity index (χ4v) is 5.81. The van der Waals surface area contributed by atoms with Crippen LogP contribution in [0.3, 0.4) is 0 Å². The molecule has 16 heteroatoms. The number of aromatic nitrogens is 4. The summed E-state index contributed by atoms with van der Waals surface area (Å²) in [7, 11) is 0.460. The molecule has 0 spiro atoms. The highest BCUT2D eigenvalue weighted by molar-refractivity contribution is 8.01. The number of alkyl halides is 1. The molecular formula is C22H29FN7O6PS. The molecule has 1 aromatic carbocycles. The molecule has 2 aromatic heterocycles. The van der Waals surface area contributed by atoms with E-state index in [1.54, 1.807) is 38.2 Å². The molecular weight excluding hydrogens is 540 g/mol. The van der Waals surface area contributed by atoms with E-state index in [-0.39, 0.29) is 18.2 Å². The van der Waals surface area contributed by atoms with Gasteiger partial charge >= 0.3 is 5.97 Å². The van der Waals surface area contributed by atoms with E-state index < -0.39 is 43.2 Å². The van der Waals surface area contributed by atoms with Crippen molar-refractivity contribution < 1.29 is 33.1 Å². The predicted octanol–water partition coefficient (Wildman–Crippen LogP) is 1.82. The number of nitrogen functional groups attached to an aromatic ring is 1. The summed E-state index contributed by atoms with van der Waals surface area (Å²) in [4.78, 5) is 31.8. The zero-order chi connectivity index (χ0) is 27.6. The molecule has 4 N–H and O–H groups in total. The highest BCUT2D eigenvalue weighted by Crippen LogP contribution is 2.44. The van der Waals surface area contributed by atoms with Gasteiger partial charge in [-0.15, -0.1) is 0 Å². The Kier molecular flexibility index (Phi) is 8.45. The second-order valence-corrected chi connectivity index (χ2v) is 10.9. The Morgan fingerprint density at radius 3 is 2.79 bits per heavy atom. The van der Waals surface area contributed by atoms with Gasteiger partial charge in [-0.25, -0.2) is 9.37 Å². The number of esters is 1. The number of hydrogen-bond donors (Lipinski definition) is 3. The number of anilines is 2. The lowest BCUT2D eigenvalue weighted by molar-refractivity contribution is -0.151. The largest absolute Gasteiger partial charge is 0.468 e. The summed E-state index contributed by atoms with van der Waals surface area (Å²) in [5, 5.41) is 13.7. The quantitative estimate of drug-likeness (QED) is 0.185. The Hall–Kier alpha value is -2.94. The van der Waals surface area contributed by atoms with Gasteiger partial charge in [-0.1, -0.05) is 34.8 Å². The van der Waals surface area contributed by atoms with E-state index in [1.807, 2.05) is 6.07 Å². The van der Waals surface area contributed by atoms with E-state index in [0.29, 0.717) is 17.1 Å². The summed E-state index contributed by atoms with van der Waals surface area (Å²) < 4.78 is 33.8. The molecule has 3 heterocycles. The first-order valence-electron chi connectivity index (χ1n) is 11.6. The van der Waals surface area contributed by atoms with Gasteiger partial charge in [0.2, 0.25) is 5.95 Å². The Morgan fingerprint density at radius 2 is 2.13 bits per heavy atom. The molecule has 6 atom stereocenters. The molecule has 0 bridgehead atoms. The Bertz CT molecular complexity index is 1320. The van der Waals surface area contributed by atoms with Crippen LogP contribution in [0.15, 0.2) is 36.7 Å². The predicted molar refractivity (Wildman–Crippen MR) is 141 cm³/mol. The molecule has 38 heavy (non-hydrogen) atoms. The normalized spacial score (nSPS) is 24.9. The minimum absolute atomic E-state index is 0.0424. The SMILES string of the molecule is CNc1nc(N)nc2c1ncn2[C@@H]1O[C@H](CO[PH](=S)N(Oc2ccccc2)[C@@H](C)C(=O)OC)[C@@H](O)[C@@]1(C)F. The molecule has 13 nitrogen and oxygen atoms in total. The van der Waals surface area contributed by atoms with Crippen molar-refractivity contribution in [3.63, 3.8) is 0 Å². The number of hydrogen-bond acceptors (Lipinski definition) is 12. The highest BCUT2D eigenvalue weighted by atomic mass is 32.4. The van der Waals surface area contributed by atoms with E-state index in [1.165, 1.54) is 29.8 Å². The topological polar surface area (TPSA) is 159 Å². The number of benzene rings is 1. The van der Waals surface area contributed by atoms with Crippen molar-refractivity contribution in [2.75, 3.05) is 31.8 Å². The van der Waals surface area contributed by atoms with Gasteiger partial charge in [0.25, 0.3) is 0 Å². The van der Waals surface area contributed by atoms with Gasteiger partial charge in [-0.2, -0.15) is 9.97 Å². The third-order valence-corrected chi connectivity index (χ3v) is 8.18. The van der Waals surface area contributed by atoms with Gasteiger partial charge in [-0.05, 0) is 26.0 Å². The summed E-state index contributed by atoms with van der Waals surface area (Å²) in [5.74, 6) is 0.169. The van der Waals surface area contributed by atoms with Crippen molar-refractivity contribution in [2.45, 2.75) is 44.0 Å². The van der Waals surface area contributed by atoms with Crippen molar-refractivity contribution in [2.24, 2.45) is 0 Å². The van der Waals surface area contributed by atoms with Crippen LogP contribution >= 0.6 is 7.07 Å². The van der Waals surface area contributed by atoms with Crippen molar-refractivity contribution in [3.05, 3.63) is 36.7 Å². The smallest absolute Gasteiger partial charge is 0.326 e. The zero-order valence-corrected chi connectivity index (χ0v) is 22.9. The number of halogens is 1. The number of nitrogens with two attached hydrogens (primary N) is 1. The van der Waals surface area contributed by atoms with Gasteiger partial charge in [0.15, 0.2) is 36.0 Å². The summed E-state index contributed by atoms with van der Waals surface area (Å²) in [6, 6.07) is 7.81. The van der Waals surface area contributed by atoms with E-state index in [9.17, 15) is 9.90 Å². The molecule has 4 rings (SSSR count). The fraction of sp³-hybridized carbons (Fsp3) is 0.455. The number of ether oxygens (including phenoxy) is 2. The van der Waals surface area contributed by atoms with E-state index >= 15 is 4.39 Å².